The highest BCUT2D eigenvalue weighted by Crippen LogP contribution is 2.31. The first-order valence-electron chi connectivity index (χ1n) is 9.68. The van der Waals surface area contributed by atoms with Crippen LogP contribution in [0.15, 0.2) is 54.7 Å². The maximum atomic E-state index is 5.37. The highest BCUT2D eigenvalue weighted by Gasteiger charge is 2.10. The molecule has 0 spiro atoms. The van der Waals surface area contributed by atoms with E-state index in [2.05, 4.69) is 51.8 Å². The number of anilines is 3. The quantitative estimate of drug-likeness (QED) is 0.468. The number of hydrogen-bond donors (Lipinski definition) is 2. The number of pyridine rings is 1. The number of methoxy groups -OCH3 is 2. The van der Waals surface area contributed by atoms with Gasteiger partial charge in [-0.3, -0.25) is 0 Å². The van der Waals surface area contributed by atoms with E-state index in [0.29, 0.717) is 18.0 Å². The van der Waals surface area contributed by atoms with E-state index in [1.807, 2.05) is 35.9 Å². The Kier molecular flexibility index (Phi) is 5.43. The summed E-state index contributed by atoms with van der Waals surface area (Å²) in [5, 5.41) is 6.73. The number of rotatable bonds is 7. The fourth-order valence-corrected chi connectivity index (χ4v) is 3.39. The predicted molar refractivity (Wildman–Crippen MR) is 120 cm³/mol. The van der Waals surface area contributed by atoms with E-state index in [9.17, 15) is 0 Å². The average molecular weight is 403 g/mol. The Morgan fingerprint density at radius 1 is 1.00 bits per heavy atom. The van der Waals surface area contributed by atoms with Crippen LogP contribution in [0.5, 0.6) is 11.5 Å². The summed E-state index contributed by atoms with van der Waals surface area (Å²) in [6.45, 7) is 2.81. The molecule has 0 aliphatic heterocycles. The number of fused-ring (bicyclic) bond motifs is 1. The Bertz CT molecular complexity index is 1190. The molecule has 0 saturated carbocycles. The van der Waals surface area contributed by atoms with Crippen molar-refractivity contribution in [2.45, 2.75) is 13.5 Å². The van der Waals surface area contributed by atoms with Gasteiger partial charge in [-0.25, -0.2) is 9.97 Å². The van der Waals surface area contributed by atoms with Crippen LogP contribution in [0.1, 0.15) is 11.1 Å². The molecule has 30 heavy (non-hydrogen) atoms. The van der Waals surface area contributed by atoms with Gasteiger partial charge in [0.1, 0.15) is 11.3 Å². The molecule has 4 rings (SSSR count). The zero-order valence-corrected chi connectivity index (χ0v) is 17.6. The average Bonchev–Trinajstić information content (AvgIpc) is 3.07. The van der Waals surface area contributed by atoms with Gasteiger partial charge in [0.05, 0.1) is 25.9 Å². The van der Waals surface area contributed by atoms with Crippen LogP contribution < -0.4 is 20.1 Å². The maximum absolute atomic E-state index is 5.37. The number of nitrogens with zero attached hydrogens (tertiary/aromatic N) is 3. The second kappa shape index (κ2) is 8.32. The molecule has 2 aromatic heterocycles. The molecular formula is C23H25N5O2. The molecule has 2 N–H and O–H groups in total. The Morgan fingerprint density at radius 2 is 1.83 bits per heavy atom. The second-order valence-electron chi connectivity index (χ2n) is 7.09. The van der Waals surface area contributed by atoms with Crippen LogP contribution in [-0.4, -0.2) is 28.8 Å². The van der Waals surface area contributed by atoms with Crippen molar-refractivity contribution in [1.82, 2.24) is 14.5 Å². The van der Waals surface area contributed by atoms with Gasteiger partial charge in [0, 0.05) is 31.4 Å². The van der Waals surface area contributed by atoms with E-state index >= 15 is 0 Å². The summed E-state index contributed by atoms with van der Waals surface area (Å²) in [4.78, 5) is 9.17. The summed E-state index contributed by atoms with van der Waals surface area (Å²) in [7, 11) is 5.23. The summed E-state index contributed by atoms with van der Waals surface area (Å²) in [6, 6.07) is 16.1. The fraction of sp³-hybridized carbons (Fsp3) is 0.217. The number of benzene rings is 2. The third kappa shape index (κ3) is 4.00. The van der Waals surface area contributed by atoms with Crippen molar-refractivity contribution in [3.05, 3.63) is 65.9 Å². The Balaban J connectivity index is 1.55. The lowest BCUT2D eigenvalue weighted by Crippen LogP contribution is -2.05. The molecule has 0 atom stereocenters. The molecule has 2 aromatic carbocycles. The molecule has 0 radical (unpaired) electrons. The summed E-state index contributed by atoms with van der Waals surface area (Å²) in [5.74, 6) is 2.87. The van der Waals surface area contributed by atoms with Crippen LogP contribution >= 0.6 is 0 Å². The summed E-state index contributed by atoms with van der Waals surface area (Å²) in [6.07, 6.45) is 1.77. The van der Waals surface area contributed by atoms with Gasteiger partial charge in [-0.05, 0) is 24.6 Å². The number of aromatic nitrogens is 3. The van der Waals surface area contributed by atoms with Gasteiger partial charge < -0.3 is 24.7 Å². The van der Waals surface area contributed by atoms with Crippen LogP contribution in [0.2, 0.25) is 0 Å². The molecule has 7 heteroatoms. The van der Waals surface area contributed by atoms with Crippen molar-refractivity contribution < 1.29 is 9.47 Å². The van der Waals surface area contributed by atoms with Gasteiger partial charge in [-0.1, -0.05) is 29.8 Å². The standard InChI is InChI=1S/C23H25N5O2/c1-15-6-5-7-16(10-15)13-25-23-27-18-14-24-22(12-19(18)28(23)2)26-17-8-9-20(29-3)21(11-17)30-4/h5-12,14H,13H2,1-4H3,(H,24,26)(H,25,27). The number of ether oxygens (including phenoxy) is 2. The normalized spacial score (nSPS) is 10.8. The van der Waals surface area contributed by atoms with E-state index < -0.39 is 0 Å². The Morgan fingerprint density at radius 3 is 2.60 bits per heavy atom. The van der Waals surface area contributed by atoms with E-state index in [1.165, 1.54) is 11.1 Å². The van der Waals surface area contributed by atoms with E-state index in [1.54, 1.807) is 20.4 Å². The van der Waals surface area contributed by atoms with Gasteiger partial charge in [-0.15, -0.1) is 0 Å². The summed E-state index contributed by atoms with van der Waals surface area (Å²) < 4.78 is 12.7. The minimum atomic E-state index is 0.659. The van der Waals surface area contributed by atoms with Crippen molar-refractivity contribution in [1.29, 1.82) is 0 Å². The molecule has 0 unspecified atom stereocenters. The number of nitrogens with one attached hydrogen (secondary N) is 2. The van der Waals surface area contributed by atoms with Crippen molar-refractivity contribution in [3.8, 4) is 11.5 Å². The van der Waals surface area contributed by atoms with E-state index in [4.69, 9.17) is 9.47 Å². The number of imidazole rings is 1. The number of hydrogen-bond acceptors (Lipinski definition) is 6. The first kappa shape index (κ1) is 19.6. The lowest BCUT2D eigenvalue weighted by Gasteiger charge is -2.11. The zero-order chi connectivity index (χ0) is 21.1. The predicted octanol–water partition coefficient (Wildman–Crippen LogP) is 4.65. The van der Waals surface area contributed by atoms with Gasteiger partial charge in [0.15, 0.2) is 11.5 Å². The minimum absolute atomic E-state index is 0.659. The maximum Gasteiger partial charge on any atom is 0.203 e. The molecule has 154 valence electrons. The van der Waals surface area contributed by atoms with Gasteiger partial charge in [-0.2, -0.15) is 0 Å². The number of aryl methyl sites for hydroxylation is 2. The molecule has 7 nitrogen and oxygen atoms in total. The third-order valence-corrected chi connectivity index (χ3v) is 4.96. The van der Waals surface area contributed by atoms with Crippen LogP contribution in [0.25, 0.3) is 11.0 Å². The Hall–Kier alpha value is -3.74. The highest BCUT2D eigenvalue weighted by atomic mass is 16.5. The third-order valence-electron chi connectivity index (χ3n) is 4.96. The van der Waals surface area contributed by atoms with Gasteiger partial charge in [0.2, 0.25) is 5.95 Å². The topological polar surface area (TPSA) is 73.2 Å². The van der Waals surface area contributed by atoms with Crippen molar-refractivity contribution in [2.24, 2.45) is 7.05 Å². The molecule has 0 saturated heterocycles. The molecule has 0 aliphatic carbocycles. The summed E-state index contributed by atoms with van der Waals surface area (Å²) >= 11 is 0. The SMILES string of the molecule is COc1ccc(Nc2cc3c(cn2)nc(NCc2cccc(C)c2)n3C)cc1OC. The fourth-order valence-electron chi connectivity index (χ4n) is 3.39. The molecule has 2 heterocycles. The van der Waals surface area contributed by atoms with Gasteiger partial charge in [0.25, 0.3) is 0 Å². The van der Waals surface area contributed by atoms with Crippen molar-refractivity contribution in [2.75, 3.05) is 24.9 Å². The van der Waals surface area contributed by atoms with E-state index in [-0.39, 0.29) is 0 Å². The van der Waals surface area contributed by atoms with Crippen LogP contribution in [0, 0.1) is 6.92 Å². The smallest absolute Gasteiger partial charge is 0.203 e. The first-order valence-corrected chi connectivity index (χ1v) is 9.68. The monoisotopic (exact) mass is 403 g/mol. The molecule has 0 bridgehead atoms. The molecule has 4 aromatic rings. The molecule has 0 aliphatic rings. The van der Waals surface area contributed by atoms with Crippen LogP contribution in [0.4, 0.5) is 17.5 Å². The van der Waals surface area contributed by atoms with Crippen molar-refractivity contribution in [3.63, 3.8) is 0 Å². The van der Waals surface area contributed by atoms with Crippen LogP contribution in [0.3, 0.4) is 0 Å². The molecular weight excluding hydrogens is 378 g/mol. The van der Waals surface area contributed by atoms with Crippen molar-refractivity contribution >= 4 is 28.5 Å². The highest BCUT2D eigenvalue weighted by molar-refractivity contribution is 5.81. The lowest BCUT2D eigenvalue weighted by atomic mass is 10.1. The zero-order valence-electron chi connectivity index (χ0n) is 17.6. The lowest BCUT2D eigenvalue weighted by molar-refractivity contribution is 0.355. The largest absolute Gasteiger partial charge is 0.493 e. The second-order valence-corrected chi connectivity index (χ2v) is 7.09. The summed E-state index contributed by atoms with van der Waals surface area (Å²) in [5.41, 5.74) is 5.15. The van der Waals surface area contributed by atoms with E-state index in [0.717, 1.165) is 28.5 Å². The molecule has 0 amide bonds. The Labute approximate surface area is 175 Å². The molecule has 0 fully saturated rings. The minimum Gasteiger partial charge on any atom is -0.493 e. The van der Waals surface area contributed by atoms with Gasteiger partial charge >= 0.3 is 0 Å². The first-order chi connectivity index (χ1) is 14.6. The van der Waals surface area contributed by atoms with Crippen LogP contribution in [-0.2, 0) is 13.6 Å².